The number of rotatable bonds is 6. The number of nitro groups is 1. The predicted molar refractivity (Wildman–Crippen MR) is 108 cm³/mol. The van der Waals surface area contributed by atoms with Crippen LogP contribution in [-0.2, 0) is 4.79 Å². The number of hydrazone groups is 1. The Hall–Kier alpha value is -2.32. The SMILES string of the molecule is CCC(C)(C)C1CCC2NNC(C(=O)N/N=C/c3cccc([N+](=O)[O-])c3)C2C1. The van der Waals surface area contributed by atoms with Crippen LogP contribution in [0.4, 0.5) is 5.69 Å². The number of non-ortho nitro benzene ring substituents is 1. The molecule has 1 heterocycles. The first-order valence-electron chi connectivity index (χ1n) is 9.90. The van der Waals surface area contributed by atoms with Gasteiger partial charge in [-0.05, 0) is 30.6 Å². The van der Waals surface area contributed by atoms with E-state index in [4.69, 9.17) is 0 Å². The van der Waals surface area contributed by atoms with Crippen LogP contribution in [0.25, 0.3) is 0 Å². The lowest BCUT2D eigenvalue weighted by Crippen LogP contribution is -2.45. The van der Waals surface area contributed by atoms with Crippen molar-refractivity contribution in [2.45, 2.75) is 58.5 Å². The van der Waals surface area contributed by atoms with E-state index in [2.05, 4.69) is 42.1 Å². The molecule has 2 fully saturated rings. The molecule has 3 N–H and O–H groups in total. The van der Waals surface area contributed by atoms with Gasteiger partial charge in [0, 0.05) is 29.7 Å². The van der Waals surface area contributed by atoms with Crippen molar-refractivity contribution in [3.63, 3.8) is 0 Å². The Morgan fingerprint density at radius 2 is 2.18 bits per heavy atom. The van der Waals surface area contributed by atoms with E-state index >= 15 is 0 Å². The number of fused-ring (bicyclic) bond motifs is 1. The second kappa shape index (κ2) is 8.36. The maximum Gasteiger partial charge on any atom is 0.270 e. The van der Waals surface area contributed by atoms with E-state index in [1.54, 1.807) is 12.1 Å². The van der Waals surface area contributed by atoms with E-state index in [0.29, 0.717) is 17.5 Å². The van der Waals surface area contributed by atoms with Crippen LogP contribution in [0, 0.1) is 27.4 Å². The zero-order valence-electron chi connectivity index (χ0n) is 16.6. The molecule has 0 bridgehead atoms. The van der Waals surface area contributed by atoms with Gasteiger partial charge < -0.3 is 0 Å². The van der Waals surface area contributed by atoms with Gasteiger partial charge in [-0.3, -0.25) is 20.3 Å². The lowest BCUT2D eigenvalue weighted by atomic mass is 9.65. The van der Waals surface area contributed by atoms with Crippen LogP contribution >= 0.6 is 0 Å². The van der Waals surface area contributed by atoms with Crippen molar-refractivity contribution in [2.24, 2.45) is 22.4 Å². The quantitative estimate of drug-likeness (QED) is 0.395. The second-order valence-electron chi connectivity index (χ2n) is 8.48. The van der Waals surface area contributed by atoms with E-state index < -0.39 is 4.92 Å². The molecule has 8 nitrogen and oxygen atoms in total. The minimum atomic E-state index is -0.457. The van der Waals surface area contributed by atoms with E-state index in [1.165, 1.54) is 24.8 Å². The first-order chi connectivity index (χ1) is 13.3. The van der Waals surface area contributed by atoms with Crippen LogP contribution < -0.4 is 16.3 Å². The van der Waals surface area contributed by atoms with Crippen LogP contribution in [-0.4, -0.2) is 29.1 Å². The number of amides is 1. The van der Waals surface area contributed by atoms with Crippen molar-refractivity contribution in [3.8, 4) is 0 Å². The summed E-state index contributed by atoms with van der Waals surface area (Å²) >= 11 is 0. The van der Waals surface area contributed by atoms with Gasteiger partial charge in [-0.2, -0.15) is 5.10 Å². The fourth-order valence-electron chi connectivity index (χ4n) is 4.27. The van der Waals surface area contributed by atoms with E-state index in [9.17, 15) is 14.9 Å². The summed E-state index contributed by atoms with van der Waals surface area (Å²) in [6.45, 7) is 6.85. The number of carbonyl (C=O) groups excluding carboxylic acids is 1. The van der Waals surface area contributed by atoms with Gasteiger partial charge in [-0.1, -0.05) is 39.3 Å². The monoisotopic (exact) mass is 387 g/mol. The Bertz CT molecular complexity index is 764. The maximum absolute atomic E-state index is 12.7. The number of carbonyl (C=O) groups is 1. The molecule has 0 spiro atoms. The third-order valence-corrected chi connectivity index (χ3v) is 6.52. The molecule has 1 saturated carbocycles. The summed E-state index contributed by atoms with van der Waals surface area (Å²) in [5, 5.41) is 14.8. The van der Waals surface area contributed by atoms with Gasteiger partial charge >= 0.3 is 0 Å². The Labute approximate surface area is 165 Å². The molecule has 4 unspecified atom stereocenters. The van der Waals surface area contributed by atoms with Crippen LogP contribution in [0.15, 0.2) is 29.4 Å². The highest BCUT2D eigenvalue weighted by molar-refractivity contribution is 5.85. The molecule has 1 aromatic carbocycles. The zero-order valence-corrected chi connectivity index (χ0v) is 16.6. The third kappa shape index (κ3) is 4.39. The highest BCUT2D eigenvalue weighted by Gasteiger charge is 2.46. The molecule has 1 aliphatic heterocycles. The first-order valence-corrected chi connectivity index (χ1v) is 9.90. The summed E-state index contributed by atoms with van der Waals surface area (Å²) in [7, 11) is 0. The number of nitrogens with one attached hydrogen (secondary N) is 3. The Kier molecular flexibility index (Phi) is 6.10. The molecule has 1 aliphatic carbocycles. The Morgan fingerprint density at radius 3 is 2.89 bits per heavy atom. The number of nitro benzene ring substituents is 1. The smallest absolute Gasteiger partial charge is 0.270 e. The van der Waals surface area contributed by atoms with Crippen molar-refractivity contribution in [1.82, 2.24) is 16.3 Å². The lowest BCUT2D eigenvalue weighted by Gasteiger charge is -2.41. The third-order valence-electron chi connectivity index (χ3n) is 6.52. The number of nitrogens with zero attached hydrogens (tertiary/aromatic N) is 2. The average Bonchev–Trinajstić information content (AvgIpc) is 3.11. The summed E-state index contributed by atoms with van der Waals surface area (Å²) in [5.74, 6) is 0.651. The predicted octanol–water partition coefficient (Wildman–Crippen LogP) is 2.74. The summed E-state index contributed by atoms with van der Waals surface area (Å²) in [6.07, 6.45) is 5.80. The molecule has 1 saturated heterocycles. The molecule has 0 aromatic heterocycles. The molecule has 2 aliphatic rings. The zero-order chi connectivity index (χ0) is 20.3. The number of benzene rings is 1. The van der Waals surface area contributed by atoms with Crippen LogP contribution in [0.1, 0.15) is 52.0 Å². The molecule has 4 atom stereocenters. The fraction of sp³-hybridized carbons (Fsp3) is 0.600. The summed E-state index contributed by atoms with van der Waals surface area (Å²) < 4.78 is 0. The van der Waals surface area contributed by atoms with Gasteiger partial charge in [0.1, 0.15) is 6.04 Å². The Balaban J connectivity index is 1.61. The first kappa shape index (κ1) is 20.4. The van der Waals surface area contributed by atoms with E-state index in [0.717, 1.165) is 19.3 Å². The average molecular weight is 387 g/mol. The minimum absolute atomic E-state index is 0.00781. The van der Waals surface area contributed by atoms with Gasteiger partial charge in [-0.15, -0.1) is 0 Å². The molecule has 1 aromatic rings. The van der Waals surface area contributed by atoms with Crippen LogP contribution in [0.5, 0.6) is 0 Å². The van der Waals surface area contributed by atoms with Crippen molar-refractivity contribution >= 4 is 17.8 Å². The summed E-state index contributed by atoms with van der Waals surface area (Å²) in [6, 6.07) is 6.10. The topological polar surface area (TPSA) is 109 Å². The largest absolute Gasteiger partial charge is 0.271 e. The fourth-order valence-corrected chi connectivity index (χ4v) is 4.27. The number of hydrogen-bond donors (Lipinski definition) is 3. The van der Waals surface area contributed by atoms with Crippen molar-refractivity contribution < 1.29 is 9.72 Å². The molecular weight excluding hydrogens is 358 g/mol. The minimum Gasteiger partial charge on any atom is -0.271 e. The normalized spacial score (nSPS) is 27.5. The van der Waals surface area contributed by atoms with E-state index in [1.807, 2.05) is 0 Å². The molecule has 0 radical (unpaired) electrons. The molecular formula is C20H29N5O3. The molecule has 28 heavy (non-hydrogen) atoms. The van der Waals surface area contributed by atoms with Gasteiger partial charge in [0.25, 0.3) is 11.6 Å². The highest BCUT2D eigenvalue weighted by Crippen LogP contribution is 2.44. The highest BCUT2D eigenvalue weighted by atomic mass is 16.6. The summed E-state index contributed by atoms with van der Waals surface area (Å²) in [5.41, 5.74) is 9.81. The van der Waals surface area contributed by atoms with Gasteiger partial charge in [0.05, 0.1) is 11.1 Å². The van der Waals surface area contributed by atoms with Gasteiger partial charge in [0.15, 0.2) is 0 Å². The van der Waals surface area contributed by atoms with Crippen LogP contribution in [0.3, 0.4) is 0 Å². The molecule has 1 amide bonds. The van der Waals surface area contributed by atoms with Gasteiger partial charge in [0.2, 0.25) is 0 Å². The van der Waals surface area contributed by atoms with E-state index in [-0.39, 0.29) is 29.0 Å². The maximum atomic E-state index is 12.7. The van der Waals surface area contributed by atoms with Crippen molar-refractivity contribution in [2.75, 3.05) is 0 Å². The van der Waals surface area contributed by atoms with Crippen LogP contribution in [0.2, 0.25) is 0 Å². The second-order valence-corrected chi connectivity index (χ2v) is 8.48. The molecule has 8 heteroatoms. The number of hydrogen-bond acceptors (Lipinski definition) is 6. The standard InChI is InChI=1S/C20H29N5O3/c1-4-20(2,3)14-8-9-17-16(11-14)18(23-22-17)19(26)24-21-12-13-6-5-7-15(10-13)25(27)28/h5-7,10,12,14,16-18,22-23H,4,8-9,11H2,1-3H3,(H,24,26)/b21-12+. The lowest BCUT2D eigenvalue weighted by molar-refractivity contribution is -0.384. The number of hydrazine groups is 1. The van der Waals surface area contributed by atoms with Crippen molar-refractivity contribution in [3.05, 3.63) is 39.9 Å². The Morgan fingerprint density at radius 1 is 1.39 bits per heavy atom. The molecule has 3 rings (SSSR count). The van der Waals surface area contributed by atoms with Crippen molar-refractivity contribution in [1.29, 1.82) is 0 Å². The summed E-state index contributed by atoms with van der Waals surface area (Å²) in [4.78, 5) is 23.0. The molecule has 152 valence electrons. The van der Waals surface area contributed by atoms with Gasteiger partial charge in [-0.25, -0.2) is 10.9 Å².